The van der Waals surface area contributed by atoms with Crippen molar-refractivity contribution in [2.24, 2.45) is 0 Å². The van der Waals surface area contributed by atoms with Gasteiger partial charge in [-0.2, -0.15) is 0 Å². The van der Waals surface area contributed by atoms with E-state index in [1.54, 1.807) is 0 Å². The van der Waals surface area contributed by atoms with Gasteiger partial charge in [0.25, 0.3) is 0 Å². The summed E-state index contributed by atoms with van der Waals surface area (Å²) in [4.78, 5) is 14.4. The lowest BCUT2D eigenvalue weighted by Crippen LogP contribution is -2.31. The van der Waals surface area contributed by atoms with Crippen LogP contribution in [0.4, 0.5) is 5.69 Å². The number of anilines is 1. The molecule has 0 radical (unpaired) electrons. The van der Waals surface area contributed by atoms with Gasteiger partial charge in [-0.05, 0) is 45.6 Å². The van der Waals surface area contributed by atoms with E-state index in [2.05, 4.69) is 42.4 Å². The molecule has 1 aliphatic rings. The molecule has 4 heteroatoms. The number of carbonyl (C=O) groups excluding carboxylic acids is 1. The molecule has 110 valence electrons. The van der Waals surface area contributed by atoms with Gasteiger partial charge in [0.15, 0.2) is 0 Å². The van der Waals surface area contributed by atoms with Gasteiger partial charge in [-0.15, -0.1) is 0 Å². The number of benzene rings is 1. The van der Waals surface area contributed by atoms with Crippen LogP contribution in [0.1, 0.15) is 37.4 Å². The molecule has 1 aliphatic heterocycles. The van der Waals surface area contributed by atoms with Gasteiger partial charge in [0.1, 0.15) is 6.04 Å². The van der Waals surface area contributed by atoms with E-state index in [1.807, 2.05) is 12.1 Å². The molecule has 4 nitrogen and oxygen atoms in total. The Hall–Kier alpha value is -1.39. The second-order valence-electron chi connectivity index (χ2n) is 5.35. The Morgan fingerprint density at radius 1 is 1.30 bits per heavy atom. The van der Waals surface area contributed by atoms with E-state index in [9.17, 15) is 4.79 Å². The summed E-state index contributed by atoms with van der Waals surface area (Å²) in [5.74, 6) is 0.0634. The highest BCUT2D eigenvalue weighted by molar-refractivity contribution is 6.02. The Morgan fingerprint density at radius 2 is 2.05 bits per heavy atom. The van der Waals surface area contributed by atoms with E-state index in [-0.39, 0.29) is 11.9 Å². The normalized spacial score (nSPS) is 17.4. The molecule has 1 amide bonds. The van der Waals surface area contributed by atoms with Crippen molar-refractivity contribution in [2.75, 3.05) is 31.5 Å². The smallest absolute Gasteiger partial charge is 0.246 e. The highest BCUT2D eigenvalue weighted by atomic mass is 16.2. The zero-order valence-electron chi connectivity index (χ0n) is 12.7. The summed E-state index contributed by atoms with van der Waals surface area (Å²) in [6.45, 7) is 10.5. The molecule has 2 rings (SSSR count). The maximum Gasteiger partial charge on any atom is 0.246 e. The van der Waals surface area contributed by atoms with Gasteiger partial charge in [-0.3, -0.25) is 4.79 Å². The Morgan fingerprint density at radius 3 is 2.75 bits per heavy atom. The van der Waals surface area contributed by atoms with Crippen LogP contribution in [0, 0.1) is 6.92 Å². The molecular weight excluding hydrogens is 250 g/mol. The molecule has 1 heterocycles. The van der Waals surface area contributed by atoms with Crippen molar-refractivity contribution in [3.63, 3.8) is 0 Å². The number of hydrogen-bond acceptors (Lipinski definition) is 3. The number of aryl methyl sites for hydroxylation is 1. The van der Waals surface area contributed by atoms with Gasteiger partial charge in [-0.25, -0.2) is 0 Å². The van der Waals surface area contributed by atoms with Gasteiger partial charge in [0.2, 0.25) is 5.91 Å². The number of rotatable bonds is 7. The van der Waals surface area contributed by atoms with Crippen LogP contribution in [-0.4, -0.2) is 37.0 Å². The summed E-state index contributed by atoms with van der Waals surface area (Å²) >= 11 is 0. The molecule has 0 spiro atoms. The summed E-state index contributed by atoms with van der Waals surface area (Å²) in [6.07, 6.45) is 1.06. The lowest BCUT2D eigenvalue weighted by molar-refractivity contribution is -0.117. The van der Waals surface area contributed by atoms with E-state index >= 15 is 0 Å². The van der Waals surface area contributed by atoms with Gasteiger partial charge < -0.3 is 15.5 Å². The summed E-state index contributed by atoms with van der Waals surface area (Å²) in [7, 11) is 0. The molecule has 0 saturated heterocycles. The van der Waals surface area contributed by atoms with Crippen LogP contribution in [0.2, 0.25) is 0 Å². The number of carbonyl (C=O) groups is 1. The van der Waals surface area contributed by atoms with Crippen molar-refractivity contribution in [3.8, 4) is 0 Å². The van der Waals surface area contributed by atoms with Gasteiger partial charge >= 0.3 is 0 Å². The van der Waals surface area contributed by atoms with E-state index < -0.39 is 0 Å². The summed E-state index contributed by atoms with van der Waals surface area (Å²) < 4.78 is 0. The van der Waals surface area contributed by atoms with E-state index in [1.165, 1.54) is 5.56 Å². The minimum Gasteiger partial charge on any atom is -0.324 e. The first-order chi connectivity index (χ1) is 9.65. The van der Waals surface area contributed by atoms with Crippen LogP contribution in [0.5, 0.6) is 0 Å². The molecule has 2 N–H and O–H groups in total. The summed E-state index contributed by atoms with van der Waals surface area (Å²) in [5, 5.41) is 6.31. The maximum absolute atomic E-state index is 12.0. The first kappa shape index (κ1) is 15.0. The molecule has 0 saturated carbocycles. The van der Waals surface area contributed by atoms with Gasteiger partial charge in [0, 0.05) is 11.3 Å². The number of hydrogen-bond donors (Lipinski definition) is 2. The molecule has 1 atom stereocenters. The van der Waals surface area contributed by atoms with Crippen LogP contribution in [-0.2, 0) is 4.79 Å². The highest BCUT2D eigenvalue weighted by Crippen LogP contribution is 2.31. The molecule has 0 bridgehead atoms. The van der Waals surface area contributed by atoms with Crippen molar-refractivity contribution >= 4 is 11.6 Å². The van der Waals surface area contributed by atoms with Crippen LogP contribution in [0.3, 0.4) is 0 Å². The topological polar surface area (TPSA) is 44.4 Å². The first-order valence-electron chi connectivity index (χ1n) is 7.52. The molecule has 1 aromatic carbocycles. The van der Waals surface area contributed by atoms with Crippen LogP contribution in [0.15, 0.2) is 18.2 Å². The molecule has 0 aliphatic carbocycles. The number of nitrogens with zero attached hydrogens (tertiary/aromatic N) is 1. The predicted octanol–water partition coefficient (Wildman–Crippen LogP) is 2.31. The van der Waals surface area contributed by atoms with Crippen molar-refractivity contribution in [1.82, 2.24) is 10.2 Å². The molecule has 0 aromatic heterocycles. The fraction of sp³-hybridized carbons (Fsp3) is 0.562. The molecule has 1 unspecified atom stereocenters. The fourth-order valence-corrected chi connectivity index (χ4v) is 2.67. The zero-order chi connectivity index (χ0) is 14.5. The van der Waals surface area contributed by atoms with Crippen molar-refractivity contribution < 1.29 is 4.79 Å². The minimum absolute atomic E-state index is 0.0634. The quantitative estimate of drug-likeness (QED) is 0.751. The van der Waals surface area contributed by atoms with E-state index in [4.69, 9.17) is 0 Å². The second-order valence-corrected chi connectivity index (χ2v) is 5.35. The third kappa shape index (κ3) is 3.38. The number of nitrogens with one attached hydrogen (secondary N) is 2. The third-order valence-corrected chi connectivity index (χ3v) is 3.93. The monoisotopic (exact) mass is 275 g/mol. The average molecular weight is 275 g/mol. The number of amides is 1. The fourth-order valence-electron chi connectivity index (χ4n) is 2.67. The standard InChI is InChI=1S/C16H25N3O/c1-4-19(5-2)10-6-9-17-15-13-11-12(3)7-8-14(13)18-16(15)20/h7-8,11,15,17H,4-6,9-10H2,1-3H3,(H,18,20). The largest absolute Gasteiger partial charge is 0.324 e. The summed E-state index contributed by atoms with van der Waals surface area (Å²) in [5.41, 5.74) is 3.22. The molecule has 0 fully saturated rings. The number of fused-ring (bicyclic) bond motifs is 1. The molecule has 20 heavy (non-hydrogen) atoms. The van der Waals surface area contributed by atoms with Crippen molar-refractivity contribution in [2.45, 2.75) is 33.2 Å². The Balaban J connectivity index is 1.88. The zero-order valence-corrected chi connectivity index (χ0v) is 12.7. The third-order valence-electron chi connectivity index (χ3n) is 3.93. The predicted molar refractivity (Wildman–Crippen MR) is 83.0 cm³/mol. The van der Waals surface area contributed by atoms with Gasteiger partial charge in [0.05, 0.1) is 0 Å². The second kappa shape index (κ2) is 6.86. The van der Waals surface area contributed by atoms with Crippen LogP contribution >= 0.6 is 0 Å². The van der Waals surface area contributed by atoms with E-state index in [0.29, 0.717) is 0 Å². The summed E-state index contributed by atoms with van der Waals surface area (Å²) in [6, 6.07) is 5.92. The molecule has 1 aromatic rings. The average Bonchev–Trinajstić information content (AvgIpc) is 2.75. The first-order valence-corrected chi connectivity index (χ1v) is 7.52. The minimum atomic E-state index is -0.193. The molecular formula is C16H25N3O. The van der Waals surface area contributed by atoms with Crippen molar-refractivity contribution in [3.05, 3.63) is 29.3 Å². The highest BCUT2D eigenvalue weighted by Gasteiger charge is 2.29. The van der Waals surface area contributed by atoms with E-state index in [0.717, 1.165) is 43.9 Å². The maximum atomic E-state index is 12.0. The Bertz CT molecular complexity index is 469. The van der Waals surface area contributed by atoms with Crippen LogP contribution in [0.25, 0.3) is 0 Å². The lowest BCUT2D eigenvalue weighted by atomic mass is 10.1. The van der Waals surface area contributed by atoms with Gasteiger partial charge in [-0.1, -0.05) is 31.5 Å². The SMILES string of the molecule is CCN(CC)CCCNC1C(=O)Nc2ccc(C)cc21. The Kier molecular flexibility index (Phi) is 5.15. The van der Waals surface area contributed by atoms with Crippen LogP contribution < -0.4 is 10.6 Å². The Labute approximate surface area is 121 Å². The van der Waals surface area contributed by atoms with Crippen molar-refractivity contribution in [1.29, 1.82) is 0 Å². The lowest BCUT2D eigenvalue weighted by Gasteiger charge is -2.18.